The maximum atomic E-state index is 11.1. The minimum absolute atomic E-state index is 0.268. The molecule has 1 fully saturated rings. The topological polar surface area (TPSA) is 71.5 Å². The van der Waals surface area contributed by atoms with E-state index in [1.54, 1.807) is 18.3 Å². The van der Waals surface area contributed by atoms with E-state index in [1.165, 1.54) is 0 Å². The Kier molecular flexibility index (Phi) is 4.87. The number of carboxylic acids is 1. The van der Waals surface area contributed by atoms with Crippen LogP contribution in [0.4, 0.5) is 0 Å². The molecule has 1 aromatic heterocycles. The van der Waals surface area contributed by atoms with Gasteiger partial charge in [0.2, 0.25) is 0 Å². The van der Waals surface area contributed by atoms with Crippen molar-refractivity contribution in [1.29, 1.82) is 0 Å². The second-order valence-corrected chi connectivity index (χ2v) is 4.80. The molecule has 0 bridgehead atoms. The number of pyridine rings is 1. The molecular formula is C14H20N2O3. The van der Waals surface area contributed by atoms with E-state index in [-0.39, 0.29) is 5.56 Å². The molecule has 0 spiro atoms. The van der Waals surface area contributed by atoms with Crippen LogP contribution in [0.25, 0.3) is 0 Å². The molecule has 2 rings (SSSR count). The first kappa shape index (κ1) is 14.0. The predicted octanol–water partition coefficient (Wildman–Crippen LogP) is 1.68. The van der Waals surface area contributed by atoms with Crippen LogP contribution in [0.15, 0.2) is 18.3 Å². The van der Waals surface area contributed by atoms with Gasteiger partial charge >= 0.3 is 5.97 Å². The van der Waals surface area contributed by atoms with E-state index < -0.39 is 5.97 Å². The van der Waals surface area contributed by atoms with Crippen molar-refractivity contribution in [1.82, 2.24) is 10.3 Å². The number of aromatic nitrogens is 1. The van der Waals surface area contributed by atoms with Crippen molar-refractivity contribution in [2.75, 3.05) is 13.2 Å². The predicted molar refractivity (Wildman–Crippen MR) is 71.0 cm³/mol. The van der Waals surface area contributed by atoms with Crippen molar-refractivity contribution in [3.05, 3.63) is 29.6 Å². The number of hydrogen-bond donors (Lipinski definition) is 2. The molecule has 0 aliphatic carbocycles. The Bertz CT molecular complexity index is 436. The molecule has 19 heavy (non-hydrogen) atoms. The van der Waals surface area contributed by atoms with Crippen molar-refractivity contribution >= 4 is 5.97 Å². The Morgan fingerprint density at radius 2 is 2.47 bits per heavy atom. The summed E-state index contributed by atoms with van der Waals surface area (Å²) < 4.78 is 5.63. The van der Waals surface area contributed by atoms with E-state index in [0.29, 0.717) is 24.3 Å². The fraction of sp³-hybridized carbons (Fsp3) is 0.571. The molecule has 2 heterocycles. The van der Waals surface area contributed by atoms with Crippen molar-refractivity contribution in [2.24, 2.45) is 5.92 Å². The number of hydrogen-bond acceptors (Lipinski definition) is 4. The summed E-state index contributed by atoms with van der Waals surface area (Å²) in [6.07, 6.45) is 4.04. The SMILES string of the molecule is CCC1OCCC1CNCc1ncccc1C(=O)O. The lowest BCUT2D eigenvalue weighted by Gasteiger charge is -2.17. The normalized spacial score (nSPS) is 22.6. The molecule has 0 saturated carbocycles. The first-order chi connectivity index (χ1) is 9.22. The number of rotatable bonds is 6. The summed E-state index contributed by atoms with van der Waals surface area (Å²) in [6, 6.07) is 3.23. The number of aromatic carboxylic acids is 1. The van der Waals surface area contributed by atoms with Crippen LogP contribution in [0.2, 0.25) is 0 Å². The summed E-state index contributed by atoms with van der Waals surface area (Å²) in [5, 5.41) is 12.4. The van der Waals surface area contributed by atoms with E-state index >= 15 is 0 Å². The molecule has 1 saturated heterocycles. The fourth-order valence-electron chi connectivity index (χ4n) is 2.53. The standard InChI is InChI=1S/C14H20N2O3/c1-2-13-10(5-7-19-13)8-15-9-12-11(14(17)18)4-3-6-16-12/h3-4,6,10,13,15H,2,5,7-9H2,1H3,(H,17,18). The third-order valence-electron chi connectivity index (χ3n) is 3.57. The highest BCUT2D eigenvalue weighted by atomic mass is 16.5. The van der Waals surface area contributed by atoms with E-state index in [9.17, 15) is 4.79 Å². The average molecular weight is 264 g/mol. The molecule has 104 valence electrons. The average Bonchev–Trinajstić information content (AvgIpc) is 2.86. The van der Waals surface area contributed by atoms with Gasteiger partial charge in [0.15, 0.2) is 0 Å². The van der Waals surface area contributed by atoms with Gasteiger partial charge in [0.25, 0.3) is 0 Å². The zero-order valence-electron chi connectivity index (χ0n) is 11.1. The molecule has 5 heteroatoms. The Morgan fingerprint density at radius 1 is 1.63 bits per heavy atom. The molecule has 1 aromatic rings. The van der Waals surface area contributed by atoms with Gasteiger partial charge in [-0.1, -0.05) is 6.92 Å². The molecule has 0 amide bonds. The van der Waals surface area contributed by atoms with Gasteiger partial charge in [0.1, 0.15) is 0 Å². The highest BCUT2D eigenvalue weighted by Crippen LogP contribution is 2.22. The molecule has 5 nitrogen and oxygen atoms in total. The lowest BCUT2D eigenvalue weighted by molar-refractivity contribution is 0.0694. The monoisotopic (exact) mass is 264 g/mol. The van der Waals surface area contributed by atoms with Crippen LogP contribution in [0.5, 0.6) is 0 Å². The second-order valence-electron chi connectivity index (χ2n) is 4.80. The van der Waals surface area contributed by atoms with Crippen molar-refractivity contribution in [3.8, 4) is 0 Å². The minimum Gasteiger partial charge on any atom is -0.478 e. The number of carboxylic acid groups (broad SMARTS) is 1. The molecule has 1 aliphatic rings. The number of carbonyl (C=O) groups is 1. The zero-order valence-corrected chi connectivity index (χ0v) is 11.1. The Hall–Kier alpha value is -1.46. The third-order valence-corrected chi connectivity index (χ3v) is 3.57. The molecule has 2 atom stereocenters. The zero-order chi connectivity index (χ0) is 13.7. The summed E-state index contributed by atoms with van der Waals surface area (Å²) in [4.78, 5) is 15.2. The van der Waals surface area contributed by atoms with Crippen LogP contribution in [-0.4, -0.2) is 35.3 Å². The minimum atomic E-state index is -0.930. The van der Waals surface area contributed by atoms with Crippen molar-refractivity contribution in [2.45, 2.75) is 32.4 Å². The summed E-state index contributed by atoms with van der Waals surface area (Å²) in [7, 11) is 0. The highest BCUT2D eigenvalue weighted by Gasteiger charge is 2.26. The van der Waals surface area contributed by atoms with Crippen molar-refractivity contribution < 1.29 is 14.6 Å². The van der Waals surface area contributed by atoms with Crippen LogP contribution in [-0.2, 0) is 11.3 Å². The van der Waals surface area contributed by atoms with E-state index in [2.05, 4.69) is 17.2 Å². The number of nitrogens with one attached hydrogen (secondary N) is 1. The van der Waals surface area contributed by atoms with Gasteiger partial charge in [-0.3, -0.25) is 4.98 Å². The molecule has 2 unspecified atom stereocenters. The van der Waals surface area contributed by atoms with Gasteiger partial charge in [-0.25, -0.2) is 4.79 Å². The third kappa shape index (κ3) is 3.52. The van der Waals surface area contributed by atoms with Crippen LogP contribution < -0.4 is 5.32 Å². The smallest absolute Gasteiger partial charge is 0.337 e. The Morgan fingerprint density at radius 3 is 3.21 bits per heavy atom. The van der Waals surface area contributed by atoms with E-state index in [0.717, 1.165) is 26.0 Å². The Balaban J connectivity index is 1.87. The maximum Gasteiger partial charge on any atom is 0.337 e. The van der Waals surface area contributed by atoms with Gasteiger partial charge in [-0.15, -0.1) is 0 Å². The first-order valence-corrected chi connectivity index (χ1v) is 6.72. The van der Waals surface area contributed by atoms with Gasteiger partial charge < -0.3 is 15.2 Å². The van der Waals surface area contributed by atoms with Crippen LogP contribution in [0.1, 0.15) is 35.8 Å². The summed E-state index contributed by atoms with van der Waals surface area (Å²) in [5.74, 6) is -0.414. The first-order valence-electron chi connectivity index (χ1n) is 6.72. The van der Waals surface area contributed by atoms with E-state index in [1.807, 2.05) is 0 Å². The largest absolute Gasteiger partial charge is 0.478 e. The van der Waals surface area contributed by atoms with Gasteiger partial charge in [0.05, 0.1) is 17.4 Å². The number of ether oxygens (including phenoxy) is 1. The molecule has 2 N–H and O–H groups in total. The summed E-state index contributed by atoms with van der Waals surface area (Å²) in [5.41, 5.74) is 0.853. The van der Waals surface area contributed by atoms with Gasteiger partial charge in [-0.2, -0.15) is 0 Å². The molecular weight excluding hydrogens is 244 g/mol. The quantitative estimate of drug-likeness (QED) is 0.818. The highest BCUT2D eigenvalue weighted by molar-refractivity contribution is 5.88. The molecule has 0 aromatic carbocycles. The number of nitrogens with zero attached hydrogens (tertiary/aromatic N) is 1. The van der Waals surface area contributed by atoms with Crippen LogP contribution >= 0.6 is 0 Å². The summed E-state index contributed by atoms with van der Waals surface area (Å²) >= 11 is 0. The lowest BCUT2D eigenvalue weighted by Crippen LogP contribution is -2.28. The second kappa shape index (κ2) is 6.63. The Labute approximate surface area is 113 Å². The molecule has 0 radical (unpaired) electrons. The van der Waals surface area contributed by atoms with Gasteiger partial charge in [0, 0.05) is 25.9 Å². The maximum absolute atomic E-state index is 11.1. The fourth-order valence-corrected chi connectivity index (χ4v) is 2.53. The van der Waals surface area contributed by atoms with Gasteiger partial charge in [-0.05, 0) is 30.9 Å². The van der Waals surface area contributed by atoms with Crippen LogP contribution in [0.3, 0.4) is 0 Å². The van der Waals surface area contributed by atoms with Crippen LogP contribution in [0, 0.1) is 5.92 Å². The van der Waals surface area contributed by atoms with Crippen molar-refractivity contribution in [3.63, 3.8) is 0 Å². The van der Waals surface area contributed by atoms with E-state index in [4.69, 9.17) is 9.84 Å². The lowest BCUT2D eigenvalue weighted by atomic mass is 9.99. The molecule has 1 aliphatic heterocycles. The summed E-state index contributed by atoms with van der Waals surface area (Å²) in [6.45, 7) is 4.28.